The van der Waals surface area contributed by atoms with Crippen molar-refractivity contribution < 1.29 is 9.47 Å². The van der Waals surface area contributed by atoms with Gasteiger partial charge in [0.2, 0.25) is 0 Å². The van der Waals surface area contributed by atoms with Crippen LogP contribution in [0.5, 0.6) is 11.5 Å². The minimum absolute atomic E-state index is 0.475. The highest BCUT2D eigenvalue weighted by atomic mass is 32.1. The molecule has 3 rings (SSSR count). The van der Waals surface area contributed by atoms with E-state index in [1.54, 1.807) is 37.8 Å². The molecule has 0 aliphatic heterocycles. The summed E-state index contributed by atoms with van der Waals surface area (Å²) >= 11 is 3.08. The lowest BCUT2D eigenvalue weighted by Gasteiger charge is -2.09. The molecule has 2 aromatic heterocycles. The Bertz CT molecular complexity index is 924. The van der Waals surface area contributed by atoms with Gasteiger partial charge in [-0.05, 0) is 23.6 Å². The molecule has 0 saturated heterocycles. The summed E-state index contributed by atoms with van der Waals surface area (Å²) in [6.07, 6.45) is 1.65. The maximum atomic E-state index is 9.45. The van der Waals surface area contributed by atoms with Gasteiger partial charge in [0, 0.05) is 23.3 Å². The van der Waals surface area contributed by atoms with Crippen LogP contribution in [-0.2, 0) is 0 Å². The fraction of sp³-hybridized carbons (Fsp3) is 0.111. The van der Waals surface area contributed by atoms with Crippen LogP contribution < -0.4 is 14.8 Å². The molecule has 25 heavy (non-hydrogen) atoms. The van der Waals surface area contributed by atoms with E-state index in [0.717, 1.165) is 16.3 Å². The molecule has 2 heterocycles. The molecular formula is C18H15N3O2S2. The molecule has 0 saturated carbocycles. The lowest BCUT2D eigenvalue weighted by atomic mass is 10.2. The van der Waals surface area contributed by atoms with Crippen molar-refractivity contribution in [3.63, 3.8) is 0 Å². The fourth-order valence-corrected chi connectivity index (χ4v) is 3.70. The number of nitrogens with one attached hydrogen (secondary N) is 1. The molecule has 0 spiro atoms. The number of aromatic nitrogens is 1. The Morgan fingerprint density at radius 2 is 2.04 bits per heavy atom. The van der Waals surface area contributed by atoms with E-state index < -0.39 is 0 Å². The Labute approximate surface area is 153 Å². The zero-order valence-electron chi connectivity index (χ0n) is 13.6. The number of ether oxygens (including phenoxy) is 2. The standard InChI is InChI=1S/C18H15N3O2S2/c1-22-15-6-5-13(8-16(15)23-2)20-10-12(9-19)18-21-14(11-25-18)17-4-3-7-24-17/h3-8,10-11,20H,1-2H3/b12-10+. The van der Waals surface area contributed by atoms with Gasteiger partial charge in [-0.15, -0.1) is 22.7 Å². The van der Waals surface area contributed by atoms with Gasteiger partial charge >= 0.3 is 0 Å². The molecule has 5 nitrogen and oxygen atoms in total. The molecule has 0 amide bonds. The summed E-state index contributed by atoms with van der Waals surface area (Å²) in [4.78, 5) is 5.64. The van der Waals surface area contributed by atoms with Gasteiger partial charge in [0.1, 0.15) is 16.6 Å². The maximum Gasteiger partial charge on any atom is 0.162 e. The largest absolute Gasteiger partial charge is 0.493 e. The third-order valence-electron chi connectivity index (χ3n) is 3.40. The number of hydrogen-bond donors (Lipinski definition) is 1. The Morgan fingerprint density at radius 3 is 2.72 bits per heavy atom. The van der Waals surface area contributed by atoms with Crippen LogP contribution in [0.25, 0.3) is 16.1 Å². The first-order valence-corrected chi connectivity index (χ1v) is 9.09. The zero-order valence-corrected chi connectivity index (χ0v) is 15.3. The predicted molar refractivity (Wildman–Crippen MR) is 102 cm³/mol. The molecular weight excluding hydrogens is 354 g/mol. The molecule has 0 atom stereocenters. The summed E-state index contributed by atoms with van der Waals surface area (Å²) < 4.78 is 10.5. The predicted octanol–water partition coefficient (Wildman–Crippen LogP) is 4.87. The first kappa shape index (κ1) is 17.0. The van der Waals surface area contributed by atoms with E-state index >= 15 is 0 Å². The lowest BCUT2D eigenvalue weighted by molar-refractivity contribution is 0.355. The zero-order chi connectivity index (χ0) is 17.6. The highest BCUT2D eigenvalue weighted by Gasteiger charge is 2.10. The number of hydrogen-bond acceptors (Lipinski definition) is 7. The van der Waals surface area contributed by atoms with Gasteiger partial charge in [0.25, 0.3) is 0 Å². The molecule has 1 aromatic carbocycles. The molecule has 126 valence electrons. The third-order valence-corrected chi connectivity index (χ3v) is 5.16. The molecule has 0 aliphatic rings. The van der Waals surface area contributed by atoms with Gasteiger partial charge in [0.15, 0.2) is 11.5 Å². The van der Waals surface area contributed by atoms with Crippen LogP contribution >= 0.6 is 22.7 Å². The van der Waals surface area contributed by atoms with E-state index in [4.69, 9.17) is 9.47 Å². The first-order valence-electron chi connectivity index (χ1n) is 7.33. The quantitative estimate of drug-likeness (QED) is 0.628. The summed E-state index contributed by atoms with van der Waals surface area (Å²) in [6, 6.07) is 11.7. The van der Waals surface area contributed by atoms with Crippen molar-refractivity contribution in [2.75, 3.05) is 19.5 Å². The molecule has 0 bridgehead atoms. The molecule has 7 heteroatoms. The second-order valence-electron chi connectivity index (χ2n) is 4.90. The first-order chi connectivity index (χ1) is 12.2. The summed E-state index contributed by atoms with van der Waals surface area (Å²) in [5.41, 5.74) is 2.16. The summed E-state index contributed by atoms with van der Waals surface area (Å²) in [6.45, 7) is 0. The van der Waals surface area contributed by atoms with E-state index in [1.807, 2.05) is 35.0 Å². The molecule has 0 fully saturated rings. The van der Waals surface area contributed by atoms with Gasteiger partial charge in [-0.25, -0.2) is 4.98 Å². The van der Waals surface area contributed by atoms with Crippen LogP contribution in [0.3, 0.4) is 0 Å². The second-order valence-corrected chi connectivity index (χ2v) is 6.70. The van der Waals surface area contributed by atoms with Crippen LogP contribution in [0.15, 0.2) is 47.3 Å². The minimum Gasteiger partial charge on any atom is -0.493 e. The number of nitrogens with zero attached hydrogens (tertiary/aromatic N) is 2. The number of thiazole rings is 1. The summed E-state index contributed by atoms with van der Waals surface area (Å²) in [5, 5.41) is 17.2. The lowest BCUT2D eigenvalue weighted by Crippen LogP contribution is -1.94. The Hall–Kier alpha value is -2.82. The van der Waals surface area contributed by atoms with Gasteiger partial charge in [-0.2, -0.15) is 5.26 Å². The SMILES string of the molecule is COc1ccc(N/C=C(\C#N)c2nc(-c3cccs3)cs2)cc1OC. The highest BCUT2D eigenvalue weighted by molar-refractivity contribution is 7.14. The highest BCUT2D eigenvalue weighted by Crippen LogP contribution is 2.31. The van der Waals surface area contributed by atoms with E-state index in [0.29, 0.717) is 22.1 Å². The topological polar surface area (TPSA) is 67.2 Å². The monoisotopic (exact) mass is 369 g/mol. The minimum atomic E-state index is 0.475. The molecule has 0 unspecified atom stereocenters. The Balaban J connectivity index is 1.81. The van der Waals surface area contributed by atoms with Crippen molar-refractivity contribution in [3.8, 4) is 28.1 Å². The molecule has 1 N–H and O–H groups in total. The molecule has 3 aromatic rings. The van der Waals surface area contributed by atoms with Crippen LogP contribution in [0, 0.1) is 11.3 Å². The van der Waals surface area contributed by atoms with Crippen molar-refractivity contribution in [2.45, 2.75) is 0 Å². The van der Waals surface area contributed by atoms with E-state index in [2.05, 4.69) is 16.4 Å². The summed E-state index contributed by atoms with van der Waals surface area (Å²) in [7, 11) is 3.17. The molecule has 0 aliphatic carbocycles. The van der Waals surface area contributed by atoms with Crippen molar-refractivity contribution in [1.82, 2.24) is 4.98 Å². The fourth-order valence-electron chi connectivity index (χ4n) is 2.16. The van der Waals surface area contributed by atoms with Gasteiger partial charge in [0.05, 0.1) is 24.8 Å². The number of thiophene rings is 1. The van der Waals surface area contributed by atoms with Crippen LogP contribution in [-0.4, -0.2) is 19.2 Å². The van der Waals surface area contributed by atoms with E-state index in [-0.39, 0.29) is 0 Å². The van der Waals surface area contributed by atoms with E-state index in [1.165, 1.54) is 11.3 Å². The second kappa shape index (κ2) is 7.83. The van der Waals surface area contributed by atoms with Crippen LogP contribution in [0.2, 0.25) is 0 Å². The van der Waals surface area contributed by atoms with Gasteiger partial charge < -0.3 is 14.8 Å². The van der Waals surface area contributed by atoms with Gasteiger partial charge in [-0.1, -0.05) is 6.07 Å². The number of rotatable bonds is 6. The van der Waals surface area contributed by atoms with Crippen molar-refractivity contribution in [1.29, 1.82) is 5.26 Å². The third kappa shape index (κ3) is 3.82. The Morgan fingerprint density at radius 1 is 1.20 bits per heavy atom. The van der Waals surface area contributed by atoms with Crippen molar-refractivity contribution >= 4 is 33.9 Å². The van der Waals surface area contributed by atoms with Crippen LogP contribution in [0.4, 0.5) is 5.69 Å². The average Bonchev–Trinajstić information content (AvgIpc) is 3.33. The summed E-state index contributed by atoms with van der Waals surface area (Å²) in [5.74, 6) is 1.27. The normalized spacial score (nSPS) is 11.0. The molecule has 0 radical (unpaired) electrons. The average molecular weight is 369 g/mol. The van der Waals surface area contributed by atoms with Crippen LogP contribution in [0.1, 0.15) is 5.01 Å². The number of anilines is 1. The number of methoxy groups -OCH3 is 2. The van der Waals surface area contributed by atoms with Gasteiger partial charge in [-0.3, -0.25) is 0 Å². The van der Waals surface area contributed by atoms with E-state index in [9.17, 15) is 5.26 Å². The number of allylic oxidation sites excluding steroid dienone is 1. The Kier molecular flexibility index (Phi) is 5.33. The maximum absolute atomic E-state index is 9.45. The number of nitriles is 1. The van der Waals surface area contributed by atoms with Crippen molar-refractivity contribution in [2.24, 2.45) is 0 Å². The smallest absolute Gasteiger partial charge is 0.162 e. The van der Waals surface area contributed by atoms with Crippen molar-refractivity contribution in [3.05, 3.63) is 52.3 Å². The number of benzene rings is 1.